The van der Waals surface area contributed by atoms with Crippen molar-refractivity contribution in [2.24, 2.45) is 0 Å². The molecular formula is C17H20N6O2. The number of rotatable bonds is 5. The van der Waals surface area contributed by atoms with Gasteiger partial charge in [0.15, 0.2) is 11.6 Å². The van der Waals surface area contributed by atoms with Crippen molar-refractivity contribution in [2.45, 2.75) is 26.2 Å². The van der Waals surface area contributed by atoms with E-state index in [9.17, 15) is 0 Å². The van der Waals surface area contributed by atoms with Gasteiger partial charge in [-0.05, 0) is 34.7 Å². The Morgan fingerprint density at radius 2 is 1.96 bits per heavy atom. The van der Waals surface area contributed by atoms with Crippen molar-refractivity contribution in [1.29, 1.82) is 0 Å². The highest BCUT2D eigenvalue weighted by Crippen LogP contribution is 2.24. The molecule has 25 heavy (non-hydrogen) atoms. The van der Waals surface area contributed by atoms with E-state index >= 15 is 0 Å². The number of hydrogen-bond donors (Lipinski definition) is 1. The minimum Gasteiger partial charge on any atom is -0.497 e. The van der Waals surface area contributed by atoms with Gasteiger partial charge in [-0.15, -0.1) is 5.10 Å². The topological polar surface area (TPSA) is 90.9 Å². The van der Waals surface area contributed by atoms with Gasteiger partial charge in [0.25, 0.3) is 0 Å². The molecule has 0 radical (unpaired) electrons. The van der Waals surface area contributed by atoms with Crippen LogP contribution in [0, 0.1) is 0 Å². The summed E-state index contributed by atoms with van der Waals surface area (Å²) < 4.78 is 12.1. The molecule has 8 nitrogen and oxygen atoms in total. The molecule has 0 aliphatic heterocycles. The summed E-state index contributed by atoms with van der Waals surface area (Å²) in [5.41, 5.74) is 0.747. The quantitative estimate of drug-likeness (QED) is 0.763. The van der Waals surface area contributed by atoms with Gasteiger partial charge in [0, 0.05) is 23.8 Å². The zero-order valence-electron chi connectivity index (χ0n) is 14.6. The summed E-state index contributed by atoms with van der Waals surface area (Å²) in [5, 5.41) is 18.8. The smallest absolute Gasteiger partial charge is 0.181 e. The van der Waals surface area contributed by atoms with Crippen molar-refractivity contribution in [3.05, 3.63) is 48.1 Å². The lowest BCUT2D eigenvalue weighted by Gasteiger charge is -2.11. The lowest BCUT2D eigenvalue weighted by atomic mass is 9.93. The molecule has 0 atom stereocenters. The summed E-state index contributed by atoms with van der Waals surface area (Å²) in [7, 11) is 1.63. The summed E-state index contributed by atoms with van der Waals surface area (Å²) in [6.45, 7) is 6.20. The van der Waals surface area contributed by atoms with Gasteiger partial charge in [-0.3, -0.25) is 0 Å². The molecule has 0 spiro atoms. The van der Waals surface area contributed by atoms with Gasteiger partial charge in [-0.1, -0.05) is 25.9 Å². The van der Waals surface area contributed by atoms with Crippen molar-refractivity contribution < 1.29 is 9.26 Å². The second-order valence-corrected chi connectivity index (χ2v) is 6.45. The first-order valence-corrected chi connectivity index (χ1v) is 7.80. The van der Waals surface area contributed by atoms with E-state index in [2.05, 4.69) is 46.8 Å². The van der Waals surface area contributed by atoms with E-state index in [-0.39, 0.29) is 5.41 Å². The van der Waals surface area contributed by atoms with Gasteiger partial charge >= 0.3 is 0 Å². The molecule has 3 rings (SSSR count). The van der Waals surface area contributed by atoms with Gasteiger partial charge in [0.05, 0.1) is 12.8 Å². The first kappa shape index (κ1) is 16.7. The van der Waals surface area contributed by atoms with Crippen LogP contribution in [0.15, 0.2) is 41.1 Å². The molecule has 0 aliphatic rings. The molecule has 0 fully saturated rings. The molecule has 1 aromatic carbocycles. The Balaban J connectivity index is 1.72. The fourth-order valence-electron chi connectivity index (χ4n) is 2.10. The maximum atomic E-state index is 5.33. The Kier molecular flexibility index (Phi) is 4.51. The largest absolute Gasteiger partial charge is 0.497 e. The standard InChI is InChI=1S/C17H20N6O2/c1-17(2,3)14-11-15(20-25-14)18-10-9-16-19-21-22-23(16)12-5-7-13(24-4)8-6-12/h5-11H,1-4H3,(H,18,20). The Labute approximate surface area is 145 Å². The molecule has 3 aromatic rings. The van der Waals surface area contributed by atoms with Crippen LogP contribution in [0.25, 0.3) is 11.8 Å². The molecule has 130 valence electrons. The zero-order valence-corrected chi connectivity index (χ0v) is 14.6. The molecule has 0 saturated carbocycles. The Hall–Kier alpha value is -3.16. The third kappa shape index (κ3) is 3.85. The molecule has 2 aromatic heterocycles. The molecule has 2 heterocycles. The number of methoxy groups -OCH3 is 1. The van der Waals surface area contributed by atoms with Gasteiger partial charge in [0.1, 0.15) is 11.5 Å². The monoisotopic (exact) mass is 340 g/mol. The number of anilines is 1. The predicted molar refractivity (Wildman–Crippen MR) is 93.6 cm³/mol. The SMILES string of the molecule is COc1ccc(-n2nnnc2C=CNc2cc(C(C)(C)C)on2)cc1. The summed E-state index contributed by atoms with van der Waals surface area (Å²) >= 11 is 0. The van der Waals surface area contributed by atoms with Crippen molar-refractivity contribution in [2.75, 3.05) is 12.4 Å². The van der Waals surface area contributed by atoms with E-state index in [4.69, 9.17) is 9.26 Å². The van der Waals surface area contributed by atoms with Crippen LogP contribution < -0.4 is 10.1 Å². The Morgan fingerprint density at radius 3 is 2.60 bits per heavy atom. The van der Waals surface area contributed by atoms with Crippen LogP contribution in [-0.2, 0) is 5.41 Å². The van der Waals surface area contributed by atoms with Crippen LogP contribution in [-0.4, -0.2) is 32.5 Å². The Bertz CT molecular complexity index is 858. The maximum Gasteiger partial charge on any atom is 0.181 e. The molecule has 1 N–H and O–H groups in total. The fourth-order valence-corrected chi connectivity index (χ4v) is 2.10. The summed E-state index contributed by atoms with van der Waals surface area (Å²) in [4.78, 5) is 0. The van der Waals surface area contributed by atoms with Gasteiger partial charge in [-0.2, -0.15) is 4.68 Å². The lowest BCUT2D eigenvalue weighted by Crippen LogP contribution is -2.09. The highest BCUT2D eigenvalue weighted by atomic mass is 16.5. The minimum atomic E-state index is -0.0882. The van der Waals surface area contributed by atoms with E-state index in [0.29, 0.717) is 11.6 Å². The van der Waals surface area contributed by atoms with Gasteiger partial charge in [-0.25, -0.2) is 0 Å². The van der Waals surface area contributed by atoms with E-state index in [0.717, 1.165) is 17.2 Å². The predicted octanol–water partition coefficient (Wildman–Crippen LogP) is 3.04. The third-order valence-corrected chi connectivity index (χ3v) is 3.52. The number of hydrogen-bond acceptors (Lipinski definition) is 7. The van der Waals surface area contributed by atoms with Gasteiger partial charge in [0.2, 0.25) is 0 Å². The Morgan fingerprint density at radius 1 is 1.20 bits per heavy atom. The van der Waals surface area contributed by atoms with Crippen LogP contribution in [0.1, 0.15) is 32.4 Å². The summed E-state index contributed by atoms with van der Waals surface area (Å²) in [6.07, 6.45) is 3.48. The highest BCUT2D eigenvalue weighted by Gasteiger charge is 2.19. The number of aromatic nitrogens is 5. The highest BCUT2D eigenvalue weighted by molar-refractivity contribution is 5.50. The second kappa shape index (κ2) is 6.76. The number of tetrazole rings is 1. The number of ether oxygens (including phenoxy) is 1. The van der Waals surface area contributed by atoms with Crippen LogP contribution in [0.4, 0.5) is 5.82 Å². The van der Waals surface area contributed by atoms with E-state index < -0.39 is 0 Å². The fraction of sp³-hybridized carbons (Fsp3) is 0.294. The van der Waals surface area contributed by atoms with Crippen molar-refractivity contribution >= 4 is 11.9 Å². The summed E-state index contributed by atoms with van der Waals surface area (Å²) in [6, 6.07) is 9.34. The van der Waals surface area contributed by atoms with Crippen molar-refractivity contribution in [3.63, 3.8) is 0 Å². The van der Waals surface area contributed by atoms with E-state index in [1.165, 1.54) is 0 Å². The number of nitrogens with zero attached hydrogens (tertiary/aromatic N) is 5. The molecule has 0 bridgehead atoms. The van der Waals surface area contributed by atoms with Gasteiger partial charge < -0.3 is 14.6 Å². The normalized spacial score (nSPS) is 11.8. The first-order valence-electron chi connectivity index (χ1n) is 7.80. The van der Waals surface area contributed by atoms with E-state index in [1.54, 1.807) is 24.1 Å². The molecular weight excluding hydrogens is 320 g/mol. The molecule has 0 amide bonds. The first-order chi connectivity index (χ1) is 12.0. The summed E-state index contributed by atoms with van der Waals surface area (Å²) in [5.74, 6) is 2.80. The maximum absolute atomic E-state index is 5.33. The minimum absolute atomic E-state index is 0.0882. The van der Waals surface area contributed by atoms with Crippen LogP contribution in [0.2, 0.25) is 0 Å². The molecule has 0 unspecified atom stereocenters. The number of benzene rings is 1. The molecule has 0 aliphatic carbocycles. The van der Waals surface area contributed by atoms with Crippen LogP contribution in [0.5, 0.6) is 5.75 Å². The van der Waals surface area contributed by atoms with Crippen molar-refractivity contribution in [1.82, 2.24) is 25.4 Å². The lowest BCUT2D eigenvalue weighted by molar-refractivity contribution is 0.331. The number of nitrogens with one attached hydrogen (secondary N) is 1. The third-order valence-electron chi connectivity index (χ3n) is 3.52. The second-order valence-electron chi connectivity index (χ2n) is 6.45. The molecule has 8 heteroatoms. The van der Waals surface area contributed by atoms with Crippen LogP contribution in [0.3, 0.4) is 0 Å². The van der Waals surface area contributed by atoms with Crippen LogP contribution >= 0.6 is 0 Å². The average molecular weight is 340 g/mol. The molecule has 0 saturated heterocycles. The van der Waals surface area contributed by atoms with Crippen molar-refractivity contribution in [3.8, 4) is 11.4 Å². The zero-order chi connectivity index (χ0) is 17.9. The van der Waals surface area contributed by atoms with E-state index in [1.807, 2.05) is 30.3 Å². The average Bonchev–Trinajstić information content (AvgIpc) is 3.24.